The van der Waals surface area contributed by atoms with E-state index in [1.165, 1.54) is 0 Å². The van der Waals surface area contributed by atoms with Crippen LogP contribution in [0.4, 0.5) is 5.69 Å². The van der Waals surface area contributed by atoms with Crippen molar-refractivity contribution in [3.05, 3.63) is 59.7 Å². The molecule has 6 heteroatoms. The topological polar surface area (TPSA) is 84.7 Å². The van der Waals surface area contributed by atoms with Gasteiger partial charge in [-0.1, -0.05) is 45.0 Å². The van der Waals surface area contributed by atoms with Gasteiger partial charge in [-0.05, 0) is 60.9 Å². The van der Waals surface area contributed by atoms with Crippen LogP contribution in [-0.4, -0.2) is 35.9 Å². The first-order chi connectivity index (χ1) is 15.7. The molecule has 0 heterocycles. The third-order valence-electron chi connectivity index (χ3n) is 6.12. The number of carbonyl (C=O) groups excluding carboxylic acids is 2. The van der Waals surface area contributed by atoms with Gasteiger partial charge in [0.2, 0.25) is 5.91 Å². The SMILES string of the molecule is COc1cccc(C(=O)Nc2ccccc2CN(C(=O)CC(C)(C)C)C2CCC(N)CC2)c1. The van der Waals surface area contributed by atoms with Crippen molar-refractivity contribution in [2.24, 2.45) is 11.1 Å². The molecule has 3 N–H and O–H groups in total. The molecule has 1 fully saturated rings. The van der Waals surface area contributed by atoms with Crippen LogP contribution in [0.2, 0.25) is 0 Å². The van der Waals surface area contributed by atoms with Gasteiger partial charge in [0.25, 0.3) is 5.91 Å². The van der Waals surface area contributed by atoms with E-state index in [1.807, 2.05) is 29.2 Å². The van der Waals surface area contributed by atoms with Crippen LogP contribution in [0, 0.1) is 5.41 Å². The smallest absolute Gasteiger partial charge is 0.255 e. The fourth-order valence-electron chi connectivity index (χ4n) is 4.31. The van der Waals surface area contributed by atoms with Crippen molar-refractivity contribution in [2.75, 3.05) is 12.4 Å². The number of ether oxygens (including phenoxy) is 1. The second-order valence-corrected chi connectivity index (χ2v) is 10.2. The standard InChI is InChI=1S/C27H37N3O3/c1-27(2,3)17-25(31)30(22-14-12-21(28)13-15-22)18-20-8-5-6-11-24(20)29-26(32)19-9-7-10-23(16-19)33-4/h5-11,16,21-22H,12-15,17-18,28H2,1-4H3,(H,29,32). The molecule has 178 valence electrons. The molecule has 0 atom stereocenters. The van der Waals surface area contributed by atoms with Crippen LogP contribution < -0.4 is 15.8 Å². The molecule has 2 amide bonds. The van der Waals surface area contributed by atoms with Gasteiger partial charge in [-0.2, -0.15) is 0 Å². The molecule has 6 nitrogen and oxygen atoms in total. The molecular weight excluding hydrogens is 414 g/mol. The zero-order valence-electron chi connectivity index (χ0n) is 20.3. The lowest BCUT2D eigenvalue weighted by molar-refractivity contribution is -0.137. The van der Waals surface area contributed by atoms with E-state index in [9.17, 15) is 9.59 Å². The molecule has 0 saturated heterocycles. The van der Waals surface area contributed by atoms with Crippen LogP contribution >= 0.6 is 0 Å². The van der Waals surface area contributed by atoms with Gasteiger partial charge in [0, 0.05) is 36.3 Å². The zero-order valence-corrected chi connectivity index (χ0v) is 20.3. The van der Waals surface area contributed by atoms with E-state index >= 15 is 0 Å². The molecule has 2 aromatic carbocycles. The first-order valence-electron chi connectivity index (χ1n) is 11.7. The quantitative estimate of drug-likeness (QED) is 0.622. The third kappa shape index (κ3) is 7.06. The van der Waals surface area contributed by atoms with Crippen molar-refractivity contribution in [1.29, 1.82) is 0 Å². The summed E-state index contributed by atoms with van der Waals surface area (Å²) in [6, 6.07) is 15.2. The number of nitrogens with two attached hydrogens (primary N) is 1. The molecule has 0 aliphatic heterocycles. The molecule has 3 rings (SSSR count). The minimum absolute atomic E-state index is 0.0967. The number of carbonyl (C=O) groups is 2. The molecule has 0 radical (unpaired) electrons. The number of amides is 2. The minimum Gasteiger partial charge on any atom is -0.497 e. The molecule has 0 bridgehead atoms. The van der Waals surface area contributed by atoms with Gasteiger partial charge in [-0.15, -0.1) is 0 Å². The Labute approximate surface area is 197 Å². The van der Waals surface area contributed by atoms with E-state index in [1.54, 1.807) is 31.4 Å². The molecule has 1 aliphatic rings. The molecule has 1 saturated carbocycles. The lowest BCUT2D eigenvalue weighted by Gasteiger charge is -2.38. The van der Waals surface area contributed by atoms with Gasteiger partial charge < -0.3 is 20.7 Å². The van der Waals surface area contributed by atoms with Gasteiger partial charge in [-0.3, -0.25) is 9.59 Å². The third-order valence-corrected chi connectivity index (χ3v) is 6.12. The Morgan fingerprint density at radius 3 is 2.42 bits per heavy atom. The summed E-state index contributed by atoms with van der Waals surface area (Å²) in [5.74, 6) is 0.569. The summed E-state index contributed by atoms with van der Waals surface area (Å²) in [5.41, 5.74) is 8.18. The highest BCUT2D eigenvalue weighted by Gasteiger charge is 2.30. The van der Waals surface area contributed by atoms with Crippen LogP contribution in [0.5, 0.6) is 5.75 Å². The van der Waals surface area contributed by atoms with Crippen LogP contribution in [0.1, 0.15) is 68.8 Å². The Hall–Kier alpha value is -2.86. The number of rotatable bonds is 7. The second kappa shape index (κ2) is 10.8. The zero-order chi connectivity index (χ0) is 24.0. The lowest BCUT2D eigenvalue weighted by atomic mass is 9.88. The van der Waals surface area contributed by atoms with Gasteiger partial charge in [-0.25, -0.2) is 0 Å². The van der Waals surface area contributed by atoms with Crippen molar-refractivity contribution in [3.8, 4) is 5.75 Å². The van der Waals surface area contributed by atoms with Crippen molar-refractivity contribution >= 4 is 17.5 Å². The predicted molar refractivity (Wildman–Crippen MR) is 132 cm³/mol. The van der Waals surface area contributed by atoms with E-state index in [2.05, 4.69) is 26.1 Å². The van der Waals surface area contributed by atoms with Crippen molar-refractivity contribution in [2.45, 2.75) is 71.5 Å². The normalized spacial score (nSPS) is 18.5. The maximum Gasteiger partial charge on any atom is 0.255 e. The maximum absolute atomic E-state index is 13.4. The lowest BCUT2D eigenvalue weighted by Crippen LogP contribution is -2.44. The number of nitrogens with one attached hydrogen (secondary N) is 1. The summed E-state index contributed by atoms with van der Waals surface area (Å²) in [6.07, 6.45) is 4.16. The second-order valence-electron chi connectivity index (χ2n) is 10.2. The average molecular weight is 452 g/mol. The maximum atomic E-state index is 13.4. The Balaban J connectivity index is 1.82. The first kappa shape index (κ1) is 24.8. The Morgan fingerprint density at radius 1 is 1.06 bits per heavy atom. The van der Waals surface area contributed by atoms with Crippen LogP contribution in [0.3, 0.4) is 0 Å². The fourth-order valence-corrected chi connectivity index (χ4v) is 4.31. The number of nitrogens with zero attached hydrogens (tertiary/aromatic N) is 1. The van der Waals surface area contributed by atoms with Crippen LogP contribution in [0.25, 0.3) is 0 Å². The number of para-hydroxylation sites is 1. The summed E-state index contributed by atoms with van der Waals surface area (Å²) >= 11 is 0. The van der Waals surface area contributed by atoms with Gasteiger partial charge in [0.15, 0.2) is 0 Å². The van der Waals surface area contributed by atoms with Crippen LogP contribution in [-0.2, 0) is 11.3 Å². The monoisotopic (exact) mass is 451 g/mol. The summed E-state index contributed by atoms with van der Waals surface area (Å²) < 4.78 is 5.24. The number of benzene rings is 2. The average Bonchev–Trinajstić information content (AvgIpc) is 2.78. The highest BCUT2D eigenvalue weighted by Crippen LogP contribution is 2.29. The predicted octanol–water partition coefficient (Wildman–Crippen LogP) is 4.98. The Kier molecular flexibility index (Phi) is 8.14. The first-order valence-corrected chi connectivity index (χ1v) is 11.7. The number of anilines is 1. The fraction of sp³-hybridized carbons (Fsp3) is 0.481. The van der Waals surface area contributed by atoms with Gasteiger partial charge in [0.1, 0.15) is 5.75 Å². The van der Waals surface area contributed by atoms with E-state index in [0.29, 0.717) is 30.0 Å². The highest BCUT2D eigenvalue weighted by atomic mass is 16.5. The number of methoxy groups -OCH3 is 1. The van der Waals surface area contributed by atoms with E-state index in [0.717, 1.165) is 31.2 Å². The van der Waals surface area contributed by atoms with Crippen molar-refractivity contribution < 1.29 is 14.3 Å². The van der Waals surface area contributed by atoms with Gasteiger partial charge in [0.05, 0.1) is 7.11 Å². The molecule has 2 aromatic rings. The molecular formula is C27H37N3O3. The van der Waals surface area contributed by atoms with E-state index in [4.69, 9.17) is 10.5 Å². The minimum atomic E-state index is -0.211. The summed E-state index contributed by atoms with van der Waals surface area (Å²) in [6.45, 7) is 6.72. The molecule has 0 spiro atoms. The number of hydrogen-bond donors (Lipinski definition) is 2. The number of hydrogen-bond acceptors (Lipinski definition) is 4. The Bertz CT molecular complexity index is 959. The van der Waals surface area contributed by atoms with Crippen molar-refractivity contribution in [1.82, 2.24) is 4.90 Å². The molecule has 1 aliphatic carbocycles. The Morgan fingerprint density at radius 2 is 1.76 bits per heavy atom. The van der Waals surface area contributed by atoms with Crippen molar-refractivity contribution in [3.63, 3.8) is 0 Å². The summed E-state index contributed by atoms with van der Waals surface area (Å²) in [5, 5.41) is 3.03. The van der Waals surface area contributed by atoms with E-state index in [-0.39, 0.29) is 29.3 Å². The van der Waals surface area contributed by atoms with Gasteiger partial charge >= 0.3 is 0 Å². The van der Waals surface area contributed by atoms with Crippen LogP contribution in [0.15, 0.2) is 48.5 Å². The summed E-state index contributed by atoms with van der Waals surface area (Å²) in [4.78, 5) is 28.3. The largest absolute Gasteiger partial charge is 0.497 e. The molecule has 0 aromatic heterocycles. The highest BCUT2D eigenvalue weighted by molar-refractivity contribution is 6.04. The molecule has 33 heavy (non-hydrogen) atoms. The molecule has 0 unspecified atom stereocenters. The summed E-state index contributed by atoms with van der Waals surface area (Å²) in [7, 11) is 1.58. The van der Waals surface area contributed by atoms with E-state index < -0.39 is 0 Å².